The van der Waals surface area contributed by atoms with E-state index in [1.54, 1.807) is 0 Å². The van der Waals surface area contributed by atoms with E-state index in [1.807, 2.05) is 31.2 Å². The molecule has 0 heterocycles. The van der Waals surface area contributed by atoms with Crippen LogP contribution >= 0.6 is 0 Å². The van der Waals surface area contributed by atoms with Gasteiger partial charge in [-0.25, -0.2) is 0 Å². The van der Waals surface area contributed by atoms with Gasteiger partial charge in [-0.05, 0) is 24.6 Å². The van der Waals surface area contributed by atoms with Gasteiger partial charge in [0, 0.05) is 17.8 Å². The fourth-order valence-corrected chi connectivity index (χ4v) is 2.00. The summed E-state index contributed by atoms with van der Waals surface area (Å²) in [7, 11) is 0. The SMILES string of the molecule is Cc1ccc(CC(=O)NCC(=O)Nc2ccc([N+](=O)[O-])cc2)cc1. The lowest BCUT2D eigenvalue weighted by molar-refractivity contribution is -0.384. The molecule has 0 aliphatic rings. The Morgan fingerprint density at radius 2 is 1.62 bits per heavy atom. The van der Waals surface area contributed by atoms with Crippen molar-refractivity contribution in [1.29, 1.82) is 0 Å². The number of carbonyl (C=O) groups is 2. The summed E-state index contributed by atoms with van der Waals surface area (Å²) >= 11 is 0. The summed E-state index contributed by atoms with van der Waals surface area (Å²) < 4.78 is 0. The van der Waals surface area contributed by atoms with Crippen LogP contribution < -0.4 is 10.6 Å². The summed E-state index contributed by atoms with van der Waals surface area (Å²) in [6, 6.07) is 13.0. The van der Waals surface area contributed by atoms with Gasteiger partial charge in [-0.1, -0.05) is 29.8 Å². The van der Waals surface area contributed by atoms with Gasteiger partial charge in [0.25, 0.3) is 5.69 Å². The Morgan fingerprint density at radius 3 is 2.21 bits per heavy atom. The number of aryl methyl sites for hydroxylation is 1. The number of nitrogens with zero attached hydrogens (tertiary/aromatic N) is 1. The summed E-state index contributed by atoms with van der Waals surface area (Å²) in [6.45, 7) is 1.80. The maximum Gasteiger partial charge on any atom is 0.269 e. The van der Waals surface area contributed by atoms with Crippen molar-refractivity contribution in [2.45, 2.75) is 13.3 Å². The fourth-order valence-electron chi connectivity index (χ4n) is 2.00. The largest absolute Gasteiger partial charge is 0.347 e. The molecule has 24 heavy (non-hydrogen) atoms. The number of nitro benzene ring substituents is 1. The van der Waals surface area contributed by atoms with Crippen molar-refractivity contribution >= 4 is 23.2 Å². The van der Waals surface area contributed by atoms with Gasteiger partial charge in [-0.2, -0.15) is 0 Å². The molecule has 2 N–H and O–H groups in total. The van der Waals surface area contributed by atoms with E-state index in [4.69, 9.17) is 0 Å². The van der Waals surface area contributed by atoms with Gasteiger partial charge in [0.2, 0.25) is 11.8 Å². The van der Waals surface area contributed by atoms with Gasteiger partial charge < -0.3 is 10.6 Å². The van der Waals surface area contributed by atoms with Crippen LogP contribution in [0.4, 0.5) is 11.4 Å². The van der Waals surface area contributed by atoms with Crippen LogP contribution in [0, 0.1) is 17.0 Å². The van der Waals surface area contributed by atoms with E-state index in [1.165, 1.54) is 24.3 Å². The molecule has 0 radical (unpaired) electrons. The quantitative estimate of drug-likeness (QED) is 0.627. The Kier molecular flexibility index (Phi) is 5.62. The smallest absolute Gasteiger partial charge is 0.269 e. The average Bonchev–Trinajstić information content (AvgIpc) is 2.55. The molecule has 124 valence electrons. The predicted molar refractivity (Wildman–Crippen MR) is 89.6 cm³/mol. The number of hydrogen-bond donors (Lipinski definition) is 2. The molecule has 7 heteroatoms. The summed E-state index contributed by atoms with van der Waals surface area (Å²) in [6.07, 6.45) is 0.199. The van der Waals surface area contributed by atoms with Gasteiger partial charge >= 0.3 is 0 Å². The normalized spacial score (nSPS) is 10.0. The molecule has 0 aliphatic carbocycles. The summed E-state index contributed by atoms with van der Waals surface area (Å²) in [5.74, 6) is -0.654. The first-order chi connectivity index (χ1) is 11.4. The molecule has 7 nitrogen and oxygen atoms in total. The minimum Gasteiger partial charge on any atom is -0.347 e. The number of nitrogens with one attached hydrogen (secondary N) is 2. The molecule has 2 aromatic rings. The average molecular weight is 327 g/mol. The van der Waals surface area contributed by atoms with Crippen LogP contribution in [0.25, 0.3) is 0 Å². The maximum atomic E-state index is 11.8. The maximum absolute atomic E-state index is 11.8. The van der Waals surface area contributed by atoms with Crippen LogP contribution in [0.15, 0.2) is 48.5 Å². The second kappa shape index (κ2) is 7.87. The number of amides is 2. The minimum atomic E-state index is -0.517. The summed E-state index contributed by atoms with van der Waals surface area (Å²) in [4.78, 5) is 33.6. The first kappa shape index (κ1) is 17.1. The Morgan fingerprint density at radius 1 is 1.00 bits per heavy atom. The minimum absolute atomic E-state index is 0.0561. The molecule has 0 fully saturated rings. The molecule has 0 aromatic heterocycles. The monoisotopic (exact) mass is 327 g/mol. The first-order valence-corrected chi connectivity index (χ1v) is 7.30. The van der Waals surface area contributed by atoms with Gasteiger partial charge in [0.05, 0.1) is 17.9 Å². The highest BCUT2D eigenvalue weighted by Gasteiger charge is 2.08. The van der Waals surface area contributed by atoms with E-state index in [0.29, 0.717) is 5.69 Å². The third kappa shape index (κ3) is 5.20. The zero-order chi connectivity index (χ0) is 17.5. The number of nitro groups is 1. The highest BCUT2D eigenvalue weighted by Crippen LogP contribution is 2.15. The fraction of sp³-hybridized carbons (Fsp3) is 0.176. The van der Waals surface area contributed by atoms with E-state index in [9.17, 15) is 19.7 Å². The van der Waals surface area contributed by atoms with Crippen LogP contribution in [0.5, 0.6) is 0 Å². The van der Waals surface area contributed by atoms with E-state index in [2.05, 4.69) is 10.6 Å². The number of anilines is 1. The topological polar surface area (TPSA) is 101 Å². The van der Waals surface area contributed by atoms with Crippen molar-refractivity contribution in [3.63, 3.8) is 0 Å². The lowest BCUT2D eigenvalue weighted by atomic mass is 10.1. The number of carbonyl (C=O) groups excluding carboxylic acids is 2. The molecule has 0 aliphatic heterocycles. The molecule has 2 aromatic carbocycles. The lowest BCUT2D eigenvalue weighted by Gasteiger charge is -2.07. The standard InChI is InChI=1S/C17H17N3O4/c1-12-2-4-13(5-3-12)10-16(21)18-11-17(22)19-14-6-8-15(9-7-14)20(23)24/h2-9H,10-11H2,1H3,(H,18,21)(H,19,22). The molecule has 0 unspecified atom stereocenters. The zero-order valence-electron chi connectivity index (χ0n) is 13.1. The predicted octanol–water partition coefficient (Wildman–Crippen LogP) is 2.20. The molecular weight excluding hydrogens is 310 g/mol. The van der Waals surface area contributed by atoms with E-state index < -0.39 is 10.8 Å². The Labute approximate surface area is 138 Å². The third-order valence-corrected chi connectivity index (χ3v) is 3.29. The van der Waals surface area contributed by atoms with Crippen LogP contribution in [-0.2, 0) is 16.0 Å². The lowest BCUT2D eigenvalue weighted by Crippen LogP contribution is -2.33. The molecule has 2 amide bonds. The highest BCUT2D eigenvalue weighted by molar-refractivity contribution is 5.94. The van der Waals surface area contributed by atoms with Crippen molar-refractivity contribution in [2.24, 2.45) is 0 Å². The summed E-state index contributed by atoms with van der Waals surface area (Å²) in [5.41, 5.74) is 2.35. The van der Waals surface area contributed by atoms with Gasteiger partial charge in [-0.3, -0.25) is 19.7 Å². The number of non-ortho nitro benzene ring substituents is 1. The van der Waals surface area contributed by atoms with Crippen LogP contribution in [0.3, 0.4) is 0 Å². The first-order valence-electron chi connectivity index (χ1n) is 7.30. The number of hydrogen-bond acceptors (Lipinski definition) is 4. The van der Waals surface area contributed by atoms with Crippen LogP contribution in [0.2, 0.25) is 0 Å². The van der Waals surface area contributed by atoms with Crippen molar-refractivity contribution in [3.8, 4) is 0 Å². The molecule has 0 atom stereocenters. The second-order valence-electron chi connectivity index (χ2n) is 5.29. The highest BCUT2D eigenvalue weighted by atomic mass is 16.6. The molecule has 0 saturated carbocycles. The third-order valence-electron chi connectivity index (χ3n) is 3.29. The van der Waals surface area contributed by atoms with E-state index in [0.717, 1.165) is 11.1 Å². The Balaban J connectivity index is 1.78. The van der Waals surface area contributed by atoms with E-state index in [-0.39, 0.29) is 24.6 Å². The van der Waals surface area contributed by atoms with Crippen molar-refractivity contribution in [3.05, 3.63) is 69.8 Å². The Bertz CT molecular complexity index is 739. The Hall–Kier alpha value is -3.22. The summed E-state index contributed by atoms with van der Waals surface area (Å²) in [5, 5.41) is 15.6. The molecule has 0 saturated heterocycles. The molecule has 0 spiro atoms. The van der Waals surface area contributed by atoms with Crippen molar-refractivity contribution < 1.29 is 14.5 Å². The van der Waals surface area contributed by atoms with E-state index >= 15 is 0 Å². The van der Waals surface area contributed by atoms with Crippen LogP contribution in [0.1, 0.15) is 11.1 Å². The molecule has 2 rings (SSSR count). The van der Waals surface area contributed by atoms with Crippen LogP contribution in [-0.4, -0.2) is 23.3 Å². The van der Waals surface area contributed by atoms with Crippen molar-refractivity contribution in [1.82, 2.24) is 5.32 Å². The van der Waals surface area contributed by atoms with Gasteiger partial charge in [0.1, 0.15) is 0 Å². The molecule has 0 bridgehead atoms. The van der Waals surface area contributed by atoms with Gasteiger partial charge in [0.15, 0.2) is 0 Å². The zero-order valence-corrected chi connectivity index (χ0v) is 13.1. The second-order valence-corrected chi connectivity index (χ2v) is 5.29. The molecular formula is C17H17N3O4. The number of rotatable bonds is 6. The van der Waals surface area contributed by atoms with Gasteiger partial charge in [-0.15, -0.1) is 0 Å². The number of benzene rings is 2. The van der Waals surface area contributed by atoms with Crippen molar-refractivity contribution in [2.75, 3.05) is 11.9 Å².